The van der Waals surface area contributed by atoms with Crippen molar-refractivity contribution < 1.29 is 9.53 Å². The Kier molecular flexibility index (Phi) is 4.11. The fourth-order valence-corrected chi connectivity index (χ4v) is 4.59. The SMILES string of the molecule is CN1C(Cn2cccn2)C[C@@H]2CN(C(=O)C3CCOC3)CC[C@@H]21. The minimum Gasteiger partial charge on any atom is -0.381 e. The number of fused-ring (bicyclic) bond motifs is 1. The number of aromatic nitrogens is 2. The van der Waals surface area contributed by atoms with Gasteiger partial charge in [0, 0.05) is 44.2 Å². The van der Waals surface area contributed by atoms with Gasteiger partial charge in [-0.25, -0.2) is 0 Å². The summed E-state index contributed by atoms with van der Waals surface area (Å²) in [5.41, 5.74) is 0. The molecular formula is C17H26N4O2. The zero-order valence-electron chi connectivity index (χ0n) is 13.8. The highest BCUT2D eigenvalue weighted by Gasteiger charge is 2.43. The van der Waals surface area contributed by atoms with Crippen LogP contribution in [0, 0.1) is 11.8 Å². The molecule has 6 heteroatoms. The van der Waals surface area contributed by atoms with Crippen LogP contribution in [0.25, 0.3) is 0 Å². The van der Waals surface area contributed by atoms with Crippen LogP contribution in [0.3, 0.4) is 0 Å². The Morgan fingerprint density at radius 3 is 3.04 bits per heavy atom. The van der Waals surface area contributed by atoms with Gasteiger partial charge < -0.3 is 9.64 Å². The molecule has 23 heavy (non-hydrogen) atoms. The van der Waals surface area contributed by atoms with Crippen LogP contribution in [0.1, 0.15) is 19.3 Å². The Hall–Kier alpha value is -1.40. The van der Waals surface area contributed by atoms with Crippen molar-refractivity contribution in [3.8, 4) is 0 Å². The van der Waals surface area contributed by atoms with E-state index in [-0.39, 0.29) is 5.92 Å². The molecule has 4 atom stereocenters. The normalized spacial score (nSPS) is 34.7. The number of carbonyl (C=O) groups is 1. The number of ether oxygens (including phenoxy) is 1. The summed E-state index contributed by atoms with van der Waals surface area (Å²) in [5, 5.41) is 4.34. The maximum Gasteiger partial charge on any atom is 0.228 e. The summed E-state index contributed by atoms with van der Waals surface area (Å²) in [7, 11) is 2.24. The molecule has 1 amide bonds. The Morgan fingerprint density at radius 2 is 2.30 bits per heavy atom. The Labute approximate surface area is 137 Å². The molecule has 0 spiro atoms. The van der Waals surface area contributed by atoms with E-state index >= 15 is 0 Å². The lowest BCUT2D eigenvalue weighted by molar-refractivity contribution is -0.137. The average Bonchev–Trinajstić information content (AvgIpc) is 3.30. The van der Waals surface area contributed by atoms with Crippen LogP contribution < -0.4 is 0 Å². The molecule has 126 valence electrons. The van der Waals surface area contributed by atoms with Crippen molar-refractivity contribution in [2.75, 3.05) is 33.4 Å². The highest BCUT2D eigenvalue weighted by Crippen LogP contribution is 2.35. The van der Waals surface area contributed by atoms with Crippen LogP contribution in [0.4, 0.5) is 0 Å². The number of hydrogen-bond acceptors (Lipinski definition) is 4. The summed E-state index contributed by atoms with van der Waals surface area (Å²) in [6.45, 7) is 4.12. The van der Waals surface area contributed by atoms with Crippen molar-refractivity contribution in [2.45, 2.75) is 37.9 Å². The van der Waals surface area contributed by atoms with E-state index in [2.05, 4.69) is 21.9 Å². The molecule has 4 heterocycles. The summed E-state index contributed by atoms with van der Waals surface area (Å²) in [4.78, 5) is 17.2. The Balaban J connectivity index is 1.38. The van der Waals surface area contributed by atoms with E-state index in [0.717, 1.165) is 45.5 Å². The second-order valence-electron chi connectivity index (χ2n) is 7.24. The lowest BCUT2D eigenvalue weighted by atomic mass is 9.91. The van der Waals surface area contributed by atoms with E-state index in [9.17, 15) is 4.79 Å². The van der Waals surface area contributed by atoms with Gasteiger partial charge in [-0.2, -0.15) is 5.10 Å². The van der Waals surface area contributed by atoms with Gasteiger partial charge in [0.15, 0.2) is 0 Å². The number of amides is 1. The number of likely N-dealkylation sites (N-methyl/N-ethyl adjacent to an activating group) is 1. The van der Waals surface area contributed by atoms with Gasteiger partial charge in [0.05, 0.1) is 19.1 Å². The van der Waals surface area contributed by atoms with Crippen LogP contribution in [-0.2, 0) is 16.1 Å². The number of piperidine rings is 1. The molecule has 3 aliphatic rings. The minimum atomic E-state index is 0.102. The maximum atomic E-state index is 12.6. The summed E-state index contributed by atoms with van der Waals surface area (Å²) < 4.78 is 7.41. The zero-order valence-corrected chi connectivity index (χ0v) is 13.8. The molecular weight excluding hydrogens is 292 g/mol. The Bertz CT molecular complexity index is 541. The van der Waals surface area contributed by atoms with E-state index in [4.69, 9.17) is 4.74 Å². The summed E-state index contributed by atoms with van der Waals surface area (Å²) in [6, 6.07) is 3.11. The van der Waals surface area contributed by atoms with Crippen molar-refractivity contribution in [2.24, 2.45) is 11.8 Å². The van der Waals surface area contributed by atoms with Crippen molar-refractivity contribution in [3.63, 3.8) is 0 Å². The number of rotatable bonds is 3. The number of carbonyl (C=O) groups excluding carboxylic acids is 1. The van der Waals surface area contributed by atoms with Crippen molar-refractivity contribution >= 4 is 5.91 Å². The number of nitrogens with zero attached hydrogens (tertiary/aromatic N) is 4. The molecule has 3 fully saturated rings. The smallest absolute Gasteiger partial charge is 0.228 e. The molecule has 1 aromatic heterocycles. The van der Waals surface area contributed by atoms with Crippen LogP contribution >= 0.6 is 0 Å². The first-order valence-corrected chi connectivity index (χ1v) is 8.78. The van der Waals surface area contributed by atoms with Crippen LogP contribution in [-0.4, -0.2) is 70.9 Å². The Morgan fingerprint density at radius 1 is 1.39 bits per heavy atom. The monoisotopic (exact) mass is 318 g/mol. The third-order valence-electron chi connectivity index (χ3n) is 5.92. The second kappa shape index (κ2) is 6.24. The second-order valence-corrected chi connectivity index (χ2v) is 7.24. The molecule has 1 aromatic rings. The third kappa shape index (κ3) is 2.90. The molecule has 6 nitrogen and oxygen atoms in total. The van der Waals surface area contributed by atoms with Crippen molar-refractivity contribution in [3.05, 3.63) is 18.5 Å². The van der Waals surface area contributed by atoms with E-state index in [1.807, 2.05) is 23.1 Å². The zero-order chi connectivity index (χ0) is 15.8. The molecule has 0 N–H and O–H groups in total. The predicted molar refractivity (Wildman–Crippen MR) is 85.8 cm³/mol. The van der Waals surface area contributed by atoms with Crippen molar-refractivity contribution in [1.29, 1.82) is 0 Å². The van der Waals surface area contributed by atoms with Gasteiger partial charge in [-0.15, -0.1) is 0 Å². The molecule has 0 aliphatic carbocycles. The predicted octanol–water partition coefficient (Wildman–Crippen LogP) is 0.841. The fourth-order valence-electron chi connectivity index (χ4n) is 4.59. The van der Waals surface area contributed by atoms with Crippen LogP contribution in [0.2, 0.25) is 0 Å². The quantitative estimate of drug-likeness (QED) is 0.829. The molecule has 4 rings (SSSR count). The molecule has 3 aliphatic heterocycles. The van der Waals surface area contributed by atoms with E-state index in [1.54, 1.807) is 0 Å². The van der Waals surface area contributed by atoms with Gasteiger partial charge >= 0.3 is 0 Å². The molecule has 3 saturated heterocycles. The molecule has 2 unspecified atom stereocenters. The van der Waals surface area contributed by atoms with Gasteiger partial charge in [0.2, 0.25) is 5.91 Å². The van der Waals surface area contributed by atoms with Crippen LogP contribution in [0.5, 0.6) is 0 Å². The average molecular weight is 318 g/mol. The van der Waals surface area contributed by atoms with Crippen LogP contribution in [0.15, 0.2) is 18.5 Å². The summed E-state index contributed by atoms with van der Waals surface area (Å²) in [5.74, 6) is 1.02. The topological polar surface area (TPSA) is 50.6 Å². The molecule has 0 aromatic carbocycles. The van der Waals surface area contributed by atoms with E-state index in [0.29, 0.717) is 30.5 Å². The molecule has 0 radical (unpaired) electrons. The summed E-state index contributed by atoms with van der Waals surface area (Å²) >= 11 is 0. The molecule has 0 saturated carbocycles. The third-order valence-corrected chi connectivity index (χ3v) is 5.92. The maximum absolute atomic E-state index is 12.6. The lowest BCUT2D eigenvalue weighted by Crippen LogP contribution is -2.49. The number of hydrogen-bond donors (Lipinski definition) is 0. The van der Waals surface area contributed by atoms with E-state index < -0.39 is 0 Å². The fraction of sp³-hybridized carbons (Fsp3) is 0.765. The van der Waals surface area contributed by atoms with Gasteiger partial charge in [-0.1, -0.05) is 0 Å². The lowest BCUT2D eigenvalue weighted by Gasteiger charge is -2.38. The first-order valence-electron chi connectivity index (χ1n) is 8.78. The summed E-state index contributed by atoms with van der Waals surface area (Å²) in [6.07, 6.45) is 7.02. The standard InChI is InChI=1S/C17H26N4O2/c1-19-15(11-21-6-2-5-18-21)9-14-10-20(7-3-16(14)19)17(22)13-4-8-23-12-13/h2,5-6,13-16H,3-4,7-12H2,1H3/t13?,14-,15?,16+/m1/s1. The van der Waals surface area contributed by atoms with Gasteiger partial charge in [0.1, 0.15) is 0 Å². The minimum absolute atomic E-state index is 0.102. The highest BCUT2D eigenvalue weighted by molar-refractivity contribution is 5.79. The van der Waals surface area contributed by atoms with Crippen molar-refractivity contribution in [1.82, 2.24) is 19.6 Å². The van der Waals surface area contributed by atoms with Gasteiger partial charge in [-0.3, -0.25) is 14.4 Å². The van der Waals surface area contributed by atoms with Gasteiger partial charge in [-0.05, 0) is 38.3 Å². The van der Waals surface area contributed by atoms with E-state index in [1.165, 1.54) is 0 Å². The first kappa shape index (κ1) is 15.1. The number of likely N-dealkylation sites (tertiary alicyclic amines) is 2. The largest absolute Gasteiger partial charge is 0.381 e. The van der Waals surface area contributed by atoms with Gasteiger partial charge in [0.25, 0.3) is 0 Å². The first-order chi connectivity index (χ1) is 11.2. The molecule has 0 bridgehead atoms. The highest BCUT2D eigenvalue weighted by atomic mass is 16.5.